The Bertz CT molecular complexity index is 671. The molecular formula is C17H15NO. The Labute approximate surface area is 112 Å². The van der Waals surface area contributed by atoms with Crippen LogP contribution in [0, 0.1) is 5.92 Å². The molecule has 2 aliphatic rings. The topological polar surface area (TPSA) is 29.1 Å². The van der Waals surface area contributed by atoms with Gasteiger partial charge in [0.2, 0.25) is 5.91 Å². The van der Waals surface area contributed by atoms with Gasteiger partial charge in [0.1, 0.15) is 0 Å². The summed E-state index contributed by atoms with van der Waals surface area (Å²) in [5.74, 6) is 0.431. The van der Waals surface area contributed by atoms with Gasteiger partial charge in [-0.1, -0.05) is 30.3 Å². The van der Waals surface area contributed by atoms with Gasteiger partial charge in [-0.25, -0.2) is 0 Å². The fourth-order valence-corrected chi connectivity index (χ4v) is 2.81. The lowest BCUT2D eigenvalue weighted by atomic mass is 10.1. The molecule has 0 saturated heterocycles. The number of carbonyl (C=O) groups is 1. The summed E-state index contributed by atoms with van der Waals surface area (Å²) in [5.41, 5.74) is 6.26. The van der Waals surface area contributed by atoms with Crippen LogP contribution in [0.25, 0.3) is 11.1 Å². The number of amides is 1. The molecule has 0 radical (unpaired) electrons. The summed E-state index contributed by atoms with van der Waals surface area (Å²) in [5, 5.41) is 3.02. The fraction of sp³-hybridized carbons (Fsp3) is 0.235. The van der Waals surface area contributed by atoms with Crippen LogP contribution in [0.15, 0.2) is 42.5 Å². The average molecular weight is 249 g/mol. The number of hydrogen-bond acceptors (Lipinski definition) is 1. The molecule has 94 valence electrons. The number of benzene rings is 2. The lowest BCUT2D eigenvalue weighted by molar-refractivity contribution is -0.117. The monoisotopic (exact) mass is 249 g/mol. The summed E-state index contributed by atoms with van der Waals surface area (Å²) in [4.78, 5) is 11.8. The summed E-state index contributed by atoms with van der Waals surface area (Å²) in [6.45, 7) is 0. The van der Waals surface area contributed by atoms with E-state index in [0.29, 0.717) is 0 Å². The van der Waals surface area contributed by atoms with Crippen molar-refractivity contribution in [1.82, 2.24) is 0 Å². The van der Waals surface area contributed by atoms with Gasteiger partial charge in [-0.05, 0) is 53.6 Å². The van der Waals surface area contributed by atoms with Crippen LogP contribution in [0.1, 0.15) is 24.0 Å². The first-order valence-corrected chi connectivity index (χ1v) is 6.83. The van der Waals surface area contributed by atoms with Crippen LogP contribution in [0.4, 0.5) is 5.69 Å². The molecule has 1 amide bonds. The van der Waals surface area contributed by atoms with Crippen LogP contribution < -0.4 is 5.32 Å². The van der Waals surface area contributed by atoms with Gasteiger partial charge in [-0.15, -0.1) is 0 Å². The molecule has 0 unspecified atom stereocenters. The molecule has 2 nitrogen and oxygen atoms in total. The van der Waals surface area contributed by atoms with E-state index in [4.69, 9.17) is 0 Å². The zero-order valence-corrected chi connectivity index (χ0v) is 10.6. The molecule has 0 aromatic heterocycles. The third-order valence-corrected chi connectivity index (χ3v) is 4.01. The molecule has 0 bridgehead atoms. The first-order valence-electron chi connectivity index (χ1n) is 6.83. The first-order chi connectivity index (χ1) is 9.31. The molecule has 2 aliphatic carbocycles. The highest BCUT2D eigenvalue weighted by molar-refractivity contribution is 5.94. The Balaban J connectivity index is 1.65. The number of nitrogens with one attached hydrogen (secondary N) is 1. The number of fused-ring (bicyclic) bond motifs is 3. The summed E-state index contributed by atoms with van der Waals surface area (Å²) < 4.78 is 0. The van der Waals surface area contributed by atoms with Crippen LogP contribution in [0.2, 0.25) is 0 Å². The van der Waals surface area contributed by atoms with Gasteiger partial charge in [0, 0.05) is 11.6 Å². The molecule has 0 spiro atoms. The second-order valence-corrected chi connectivity index (χ2v) is 5.47. The van der Waals surface area contributed by atoms with E-state index < -0.39 is 0 Å². The van der Waals surface area contributed by atoms with Crippen molar-refractivity contribution in [2.75, 3.05) is 5.32 Å². The van der Waals surface area contributed by atoms with Crippen LogP contribution in [-0.4, -0.2) is 5.91 Å². The highest BCUT2D eigenvalue weighted by Crippen LogP contribution is 2.38. The van der Waals surface area contributed by atoms with E-state index in [0.717, 1.165) is 24.9 Å². The SMILES string of the molecule is O=C(Nc1ccc2c(c1)Cc1ccccc1-2)C1CC1. The second-order valence-electron chi connectivity index (χ2n) is 5.47. The minimum absolute atomic E-state index is 0.176. The van der Waals surface area contributed by atoms with Crippen molar-refractivity contribution in [3.63, 3.8) is 0 Å². The Kier molecular flexibility index (Phi) is 2.25. The van der Waals surface area contributed by atoms with Gasteiger partial charge in [-0.2, -0.15) is 0 Å². The molecule has 1 N–H and O–H groups in total. The van der Waals surface area contributed by atoms with Crippen molar-refractivity contribution in [3.05, 3.63) is 53.6 Å². The van der Waals surface area contributed by atoms with E-state index in [1.54, 1.807) is 0 Å². The van der Waals surface area contributed by atoms with Gasteiger partial charge in [0.05, 0.1) is 0 Å². The highest BCUT2D eigenvalue weighted by Gasteiger charge is 2.29. The molecule has 0 atom stereocenters. The summed E-state index contributed by atoms with van der Waals surface area (Å²) >= 11 is 0. The van der Waals surface area contributed by atoms with Crippen molar-refractivity contribution in [2.24, 2.45) is 5.92 Å². The van der Waals surface area contributed by atoms with Crippen molar-refractivity contribution >= 4 is 11.6 Å². The third-order valence-electron chi connectivity index (χ3n) is 4.01. The average Bonchev–Trinajstić information content (AvgIpc) is 3.20. The van der Waals surface area contributed by atoms with Gasteiger partial charge in [0.15, 0.2) is 0 Å². The fourth-order valence-electron chi connectivity index (χ4n) is 2.81. The molecule has 1 fully saturated rings. The minimum Gasteiger partial charge on any atom is -0.326 e. The summed E-state index contributed by atoms with van der Waals surface area (Å²) in [7, 11) is 0. The van der Waals surface area contributed by atoms with E-state index in [1.165, 1.54) is 22.3 Å². The molecule has 4 rings (SSSR count). The predicted molar refractivity (Wildman–Crippen MR) is 76.0 cm³/mol. The maximum atomic E-state index is 11.8. The van der Waals surface area contributed by atoms with Crippen molar-refractivity contribution < 1.29 is 4.79 Å². The number of anilines is 1. The highest BCUT2D eigenvalue weighted by atomic mass is 16.2. The Morgan fingerprint density at radius 1 is 1.00 bits per heavy atom. The largest absolute Gasteiger partial charge is 0.326 e. The maximum absolute atomic E-state index is 11.8. The predicted octanol–water partition coefficient (Wildman–Crippen LogP) is 3.61. The second kappa shape index (κ2) is 3.95. The van der Waals surface area contributed by atoms with Crippen LogP contribution in [-0.2, 0) is 11.2 Å². The molecule has 0 heterocycles. The number of rotatable bonds is 2. The molecule has 2 aromatic carbocycles. The van der Waals surface area contributed by atoms with E-state index in [9.17, 15) is 4.79 Å². The Hall–Kier alpha value is -2.09. The van der Waals surface area contributed by atoms with Crippen molar-refractivity contribution in [2.45, 2.75) is 19.3 Å². The number of carbonyl (C=O) groups excluding carboxylic acids is 1. The Morgan fingerprint density at radius 3 is 2.63 bits per heavy atom. The van der Waals surface area contributed by atoms with Gasteiger partial charge in [-0.3, -0.25) is 4.79 Å². The normalized spacial score (nSPS) is 15.8. The maximum Gasteiger partial charge on any atom is 0.227 e. The lowest BCUT2D eigenvalue weighted by Gasteiger charge is -2.07. The quantitative estimate of drug-likeness (QED) is 0.738. The molecule has 0 aliphatic heterocycles. The van der Waals surface area contributed by atoms with E-state index in [-0.39, 0.29) is 11.8 Å². The van der Waals surface area contributed by atoms with E-state index in [2.05, 4.69) is 41.7 Å². The van der Waals surface area contributed by atoms with E-state index >= 15 is 0 Å². The standard InChI is InChI=1S/C17H15NO/c19-17(11-5-6-11)18-14-7-8-16-13(10-14)9-12-3-1-2-4-15(12)16/h1-4,7-8,10-11H,5-6,9H2,(H,18,19). The van der Waals surface area contributed by atoms with Crippen molar-refractivity contribution in [1.29, 1.82) is 0 Å². The van der Waals surface area contributed by atoms with Crippen LogP contribution in [0.3, 0.4) is 0 Å². The Morgan fingerprint density at radius 2 is 1.79 bits per heavy atom. The number of hydrogen-bond donors (Lipinski definition) is 1. The summed E-state index contributed by atoms with van der Waals surface area (Å²) in [6.07, 6.45) is 3.06. The van der Waals surface area contributed by atoms with Crippen LogP contribution >= 0.6 is 0 Å². The van der Waals surface area contributed by atoms with Gasteiger partial charge >= 0.3 is 0 Å². The van der Waals surface area contributed by atoms with Gasteiger partial charge in [0.25, 0.3) is 0 Å². The molecule has 2 aromatic rings. The molecule has 2 heteroatoms. The summed E-state index contributed by atoms with van der Waals surface area (Å²) in [6, 6.07) is 14.8. The van der Waals surface area contributed by atoms with E-state index in [1.807, 2.05) is 6.07 Å². The zero-order valence-electron chi connectivity index (χ0n) is 10.6. The third kappa shape index (κ3) is 1.84. The molecular weight excluding hydrogens is 234 g/mol. The molecule has 1 saturated carbocycles. The smallest absolute Gasteiger partial charge is 0.227 e. The van der Waals surface area contributed by atoms with Crippen LogP contribution in [0.5, 0.6) is 0 Å². The zero-order chi connectivity index (χ0) is 12.8. The van der Waals surface area contributed by atoms with Crippen molar-refractivity contribution in [3.8, 4) is 11.1 Å². The van der Waals surface area contributed by atoms with Gasteiger partial charge < -0.3 is 5.32 Å². The molecule has 19 heavy (non-hydrogen) atoms. The first kappa shape index (κ1) is 10.8. The lowest BCUT2D eigenvalue weighted by Crippen LogP contribution is -2.13. The minimum atomic E-state index is 0.176.